The zero-order valence-electron chi connectivity index (χ0n) is 22.0. The zero-order valence-corrected chi connectivity index (χ0v) is 24.5. The van der Waals surface area contributed by atoms with E-state index in [1.54, 1.807) is 60.7 Å². The van der Waals surface area contributed by atoms with Crippen molar-refractivity contribution in [2.24, 2.45) is 5.14 Å². The lowest BCUT2D eigenvalue weighted by molar-refractivity contribution is -0.120. The van der Waals surface area contributed by atoms with Gasteiger partial charge in [0.25, 0.3) is 0 Å². The molecule has 1 aromatic heterocycles. The van der Waals surface area contributed by atoms with Crippen LogP contribution in [0.2, 0.25) is 0 Å². The number of hydrogen-bond acceptors (Lipinski definition) is 9. The number of amides is 2. The molecule has 1 atom stereocenters. The quantitative estimate of drug-likeness (QED) is 0.213. The van der Waals surface area contributed by atoms with E-state index in [2.05, 4.69) is 15.6 Å². The van der Waals surface area contributed by atoms with Crippen LogP contribution in [-0.2, 0) is 36.0 Å². The van der Waals surface area contributed by atoms with Crippen LogP contribution in [0, 0.1) is 5.82 Å². The van der Waals surface area contributed by atoms with Crippen LogP contribution in [0.5, 0.6) is 0 Å². The number of ether oxygens (including phenoxy) is 1. The predicted molar refractivity (Wildman–Crippen MR) is 157 cm³/mol. The van der Waals surface area contributed by atoms with Crippen LogP contribution in [0.1, 0.15) is 15.8 Å². The molecule has 0 saturated carbocycles. The van der Waals surface area contributed by atoms with Crippen LogP contribution in [0.15, 0.2) is 72.8 Å². The first-order valence-electron chi connectivity index (χ1n) is 12.5. The monoisotopic (exact) mass is 634 g/mol. The van der Waals surface area contributed by atoms with Crippen molar-refractivity contribution in [2.75, 3.05) is 24.6 Å². The molecule has 4 N–H and O–H groups in total. The van der Waals surface area contributed by atoms with Gasteiger partial charge < -0.3 is 15.4 Å². The summed E-state index contributed by atoms with van der Waals surface area (Å²) in [5.74, 6) is -2.90. The van der Waals surface area contributed by atoms with Crippen molar-refractivity contribution in [3.63, 3.8) is 0 Å². The van der Waals surface area contributed by atoms with Gasteiger partial charge >= 0.3 is 6.09 Å². The third-order valence-corrected chi connectivity index (χ3v) is 9.89. The molecule has 42 heavy (non-hydrogen) atoms. The summed E-state index contributed by atoms with van der Waals surface area (Å²) >= 11 is 0.890. The molecule has 11 nitrogen and oxygen atoms in total. The largest absolute Gasteiger partial charge is 0.445 e. The number of nitrogens with zero attached hydrogens (tertiary/aromatic N) is 1. The van der Waals surface area contributed by atoms with Crippen molar-refractivity contribution < 1.29 is 35.6 Å². The molecular weight excluding hydrogens is 608 g/mol. The number of benzene rings is 3. The Hall–Kier alpha value is -3.92. The molecule has 4 rings (SSSR count). The standard InChI is InChI=1S/C27H27FN4O7S3/c28-21-16-22-23(15-20(21)19-9-5-2-6-10-19)40-26(32-22)24(25(33)30-12-14-42(29,37)38)41(35,36)13-11-31-27(34)39-17-18-7-3-1-4-8-18/h1-10,15-16,24H,11-14,17H2,(H,30,33)(H,31,34)(H2,29,37,38). The first-order chi connectivity index (χ1) is 19.9. The van der Waals surface area contributed by atoms with Crippen LogP contribution in [-0.4, -0.2) is 58.4 Å². The Morgan fingerprint density at radius 3 is 2.24 bits per heavy atom. The number of primary sulfonamides is 1. The molecule has 0 aliphatic heterocycles. The van der Waals surface area contributed by atoms with Crippen molar-refractivity contribution in [1.29, 1.82) is 0 Å². The number of nitrogens with two attached hydrogens (primary N) is 1. The van der Waals surface area contributed by atoms with Gasteiger partial charge in [0.2, 0.25) is 15.9 Å². The maximum atomic E-state index is 14.9. The molecule has 1 unspecified atom stereocenters. The van der Waals surface area contributed by atoms with Gasteiger partial charge in [0.15, 0.2) is 15.1 Å². The molecule has 0 aliphatic rings. The number of thiazole rings is 1. The van der Waals surface area contributed by atoms with Gasteiger partial charge in [-0.05, 0) is 17.2 Å². The fraction of sp³-hybridized carbons (Fsp3) is 0.222. The number of rotatable bonds is 12. The van der Waals surface area contributed by atoms with Gasteiger partial charge in [-0.2, -0.15) is 0 Å². The van der Waals surface area contributed by atoms with Crippen LogP contribution in [0.3, 0.4) is 0 Å². The molecule has 1 heterocycles. The van der Waals surface area contributed by atoms with E-state index in [0.717, 1.165) is 23.0 Å². The molecule has 3 aromatic carbocycles. The first-order valence-corrected chi connectivity index (χ1v) is 16.8. The summed E-state index contributed by atoms with van der Waals surface area (Å²) in [7, 11) is -8.26. The van der Waals surface area contributed by atoms with Crippen LogP contribution < -0.4 is 15.8 Å². The predicted octanol–water partition coefficient (Wildman–Crippen LogP) is 2.89. The minimum atomic E-state index is -4.33. The van der Waals surface area contributed by atoms with Gasteiger partial charge in [0, 0.05) is 24.7 Å². The number of alkyl carbamates (subject to hydrolysis) is 1. The van der Waals surface area contributed by atoms with E-state index in [1.807, 2.05) is 0 Å². The number of fused-ring (bicyclic) bond motifs is 1. The Labute approximate surface area is 245 Å². The molecule has 0 bridgehead atoms. The third-order valence-electron chi connectivity index (χ3n) is 5.95. The highest BCUT2D eigenvalue weighted by molar-refractivity contribution is 7.92. The van der Waals surface area contributed by atoms with Crippen LogP contribution in [0.4, 0.5) is 9.18 Å². The molecule has 15 heteroatoms. The molecule has 0 aliphatic carbocycles. The van der Waals surface area contributed by atoms with E-state index >= 15 is 0 Å². The first kappa shape index (κ1) is 31.0. The second-order valence-electron chi connectivity index (χ2n) is 9.11. The molecule has 0 fully saturated rings. The minimum Gasteiger partial charge on any atom is -0.445 e. The number of carbonyl (C=O) groups excluding carboxylic acids is 2. The van der Waals surface area contributed by atoms with Gasteiger partial charge in [-0.1, -0.05) is 60.7 Å². The number of aromatic nitrogens is 1. The topological polar surface area (TPSA) is 175 Å². The lowest BCUT2D eigenvalue weighted by Crippen LogP contribution is -2.39. The van der Waals surface area contributed by atoms with E-state index < -0.39 is 61.0 Å². The number of nitrogens with one attached hydrogen (secondary N) is 2. The Balaban J connectivity index is 1.55. The number of hydrogen-bond donors (Lipinski definition) is 3. The molecule has 0 radical (unpaired) electrons. The summed E-state index contributed by atoms with van der Waals surface area (Å²) in [6.45, 7) is -0.845. The lowest BCUT2D eigenvalue weighted by Gasteiger charge is -2.16. The number of sulfonamides is 1. The smallest absolute Gasteiger partial charge is 0.407 e. The van der Waals surface area contributed by atoms with Gasteiger partial charge in [-0.25, -0.2) is 36.1 Å². The fourth-order valence-electron chi connectivity index (χ4n) is 3.94. The van der Waals surface area contributed by atoms with Crippen molar-refractivity contribution in [2.45, 2.75) is 11.9 Å². The SMILES string of the molecule is NS(=O)(=O)CCNC(=O)C(c1nc2cc(F)c(-c3ccccc3)cc2s1)S(=O)(=O)CCNC(=O)OCc1ccccc1. The second kappa shape index (κ2) is 13.4. The highest BCUT2D eigenvalue weighted by Gasteiger charge is 2.37. The van der Waals surface area contributed by atoms with E-state index in [9.17, 15) is 30.8 Å². The highest BCUT2D eigenvalue weighted by atomic mass is 32.2. The minimum absolute atomic E-state index is 0.0261. The van der Waals surface area contributed by atoms with E-state index in [4.69, 9.17) is 9.88 Å². The number of sulfone groups is 1. The molecular formula is C27H27FN4O7S3. The number of carbonyl (C=O) groups is 2. The molecule has 4 aromatic rings. The second-order valence-corrected chi connectivity index (χ2v) is 14.1. The van der Waals surface area contributed by atoms with Gasteiger partial charge in [0.05, 0.1) is 21.7 Å². The Bertz CT molecular complexity index is 1780. The summed E-state index contributed by atoms with van der Waals surface area (Å²) in [6.07, 6.45) is -0.855. The summed E-state index contributed by atoms with van der Waals surface area (Å²) in [4.78, 5) is 29.4. The van der Waals surface area contributed by atoms with Gasteiger partial charge in [-0.15, -0.1) is 11.3 Å². The van der Waals surface area contributed by atoms with E-state index in [1.165, 1.54) is 6.07 Å². The normalized spacial score (nSPS) is 12.5. The average Bonchev–Trinajstić information content (AvgIpc) is 3.33. The van der Waals surface area contributed by atoms with Crippen LogP contribution >= 0.6 is 11.3 Å². The number of halogens is 1. The molecule has 0 spiro atoms. The Kier molecular flexibility index (Phi) is 9.88. The Morgan fingerprint density at radius 1 is 0.929 bits per heavy atom. The maximum Gasteiger partial charge on any atom is 0.407 e. The zero-order chi connectivity index (χ0) is 30.3. The summed E-state index contributed by atoms with van der Waals surface area (Å²) < 4.78 is 69.9. The molecule has 0 saturated heterocycles. The van der Waals surface area contributed by atoms with Crippen molar-refractivity contribution in [1.82, 2.24) is 15.6 Å². The van der Waals surface area contributed by atoms with E-state index in [-0.39, 0.29) is 29.2 Å². The molecule has 222 valence electrons. The maximum absolute atomic E-state index is 14.9. The summed E-state index contributed by atoms with van der Waals surface area (Å²) in [6, 6.07) is 20.3. The summed E-state index contributed by atoms with van der Waals surface area (Å²) in [5, 5.41) is 7.60. The molecule has 2 amide bonds. The van der Waals surface area contributed by atoms with Gasteiger partial charge in [0.1, 0.15) is 17.4 Å². The van der Waals surface area contributed by atoms with E-state index in [0.29, 0.717) is 10.3 Å². The average molecular weight is 635 g/mol. The van der Waals surface area contributed by atoms with Crippen molar-refractivity contribution in [3.8, 4) is 11.1 Å². The Morgan fingerprint density at radius 2 is 1.57 bits per heavy atom. The van der Waals surface area contributed by atoms with Crippen molar-refractivity contribution >= 4 is 53.4 Å². The third kappa shape index (κ3) is 8.31. The van der Waals surface area contributed by atoms with Crippen molar-refractivity contribution in [3.05, 3.63) is 89.2 Å². The van der Waals surface area contributed by atoms with Gasteiger partial charge in [-0.3, -0.25) is 4.79 Å². The lowest BCUT2D eigenvalue weighted by atomic mass is 10.1. The fourth-order valence-corrected chi connectivity index (χ4v) is 7.27. The van der Waals surface area contributed by atoms with Crippen LogP contribution in [0.25, 0.3) is 21.3 Å². The highest BCUT2D eigenvalue weighted by Crippen LogP contribution is 2.35. The summed E-state index contributed by atoms with van der Waals surface area (Å²) in [5.41, 5.74) is 1.75.